The molecule has 2 nitrogen and oxygen atoms in total. The summed E-state index contributed by atoms with van der Waals surface area (Å²) in [5.41, 5.74) is 25.2. The van der Waals surface area contributed by atoms with Crippen LogP contribution in [0.2, 0.25) is 0 Å². The maximum absolute atomic E-state index is 7.15. The third kappa shape index (κ3) is 5.28. The Balaban J connectivity index is 0.992. The van der Waals surface area contributed by atoms with Gasteiger partial charge in [-0.3, -0.25) is 0 Å². The van der Waals surface area contributed by atoms with Crippen molar-refractivity contribution in [1.29, 1.82) is 0 Å². The smallest absolute Gasteiger partial charge is 0.135 e. The van der Waals surface area contributed by atoms with Gasteiger partial charge in [0.1, 0.15) is 11.5 Å². The predicted octanol–water partition coefficient (Wildman–Crippen LogP) is 18.1. The summed E-state index contributed by atoms with van der Waals surface area (Å²) in [4.78, 5) is 2.50. The Hall–Kier alpha value is -8.72. The van der Waals surface area contributed by atoms with Gasteiger partial charge in [-0.25, -0.2) is 0 Å². The molecular formula is C68H45NO. The minimum absolute atomic E-state index is 0.182. The summed E-state index contributed by atoms with van der Waals surface area (Å²) >= 11 is 0. The summed E-state index contributed by atoms with van der Waals surface area (Å²) in [5.74, 6) is 1.68. The Labute approximate surface area is 408 Å². The van der Waals surface area contributed by atoms with Crippen LogP contribution in [-0.4, -0.2) is 0 Å². The second kappa shape index (κ2) is 14.4. The van der Waals surface area contributed by atoms with Crippen molar-refractivity contribution in [2.75, 3.05) is 4.90 Å². The lowest BCUT2D eigenvalue weighted by atomic mass is 9.70. The molecule has 0 N–H and O–H groups in total. The highest BCUT2D eigenvalue weighted by Gasteiger charge is 2.51. The van der Waals surface area contributed by atoms with E-state index in [1.807, 2.05) is 0 Å². The highest BCUT2D eigenvalue weighted by Crippen LogP contribution is 2.64. The van der Waals surface area contributed by atoms with Crippen LogP contribution in [-0.2, 0) is 10.8 Å². The molecule has 1 spiro atoms. The second-order valence-electron chi connectivity index (χ2n) is 19.9. The predicted molar refractivity (Wildman–Crippen MR) is 289 cm³/mol. The summed E-state index contributed by atoms with van der Waals surface area (Å²) in [6.45, 7) is 4.75. The van der Waals surface area contributed by atoms with Crippen LogP contribution in [0.3, 0.4) is 0 Å². The minimum atomic E-state index is -0.480. The molecule has 15 rings (SSSR count). The van der Waals surface area contributed by atoms with Gasteiger partial charge in [0.15, 0.2) is 0 Å². The van der Waals surface area contributed by atoms with Crippen LogP contribution in [0.4, 0.5) is 17.1 Å². The zero-order valence-corrected chi connectivity index (χ0v) is 38.9. The van der Waals surface area contributed by atoms with Gasteiger partial charge in [-0.1, -0.05) is 190 Å². The highest BCUT2D eigenvalue weighted by molar-refractivity contribution is 6.04. The van der Waals surface area contributed by atoms with Crippen molar-refractivity contribution < 1.29 is 4.74 Å². The quantitative estimate of drug-likeness (QED) is 0.175. The number of hydrogen-bond acceptors (Lipinski definition) is 2. The zero-order valence-electron chi connectivity index (χ0n) is 38.9. The molecule has 0 bridgehead atoms. The van der Waals surface area contributed by atoms with Crippen LogP contribution in [0, 0.1) is 0 Å². The van der Waals surface area contributed by atoms with E-state index in [2.05, 4.69) is 255 Å². The zero-order chi connectivity index (χ0) is 46.3. The number of anilines is 3. The maximum Gasteiger partial charge on any atom is 0.135 e. The Morgan fingerprint density at radius 3 is 1.41 bits per heavy atom. The molecule has 0 aromatic heterocycles. The van der Waals surface area contributed by atoms with Gasteiger partial charge >= 0.3 is 0 Å². The summed E-state index contributed by atoms with van der Waals surface area (Å²) < 4.78 is 7.15. The topological polar surface area (TPSA) is 12.5 Å². The van der Waals surface area contributed by atoms with Crippen LogP contribution in [0.15, 0.2) is 237 Å². The Bertz CT molecular complexity index is 3960. The molecule has 3 aliphatic carbocycles. The molecule has 2 heteroatoms. The SMILES string of the molecule is CC1(C)c2ccccc2-c2ccc(N(c3ccc4c(c3)-c3cc5ccccc5cc3-c3c(cccc3-c3ccccc3)O4)c3ccc4c(c3)C3(c5ccccc5-c5ccccc53)c3ccccc3-4)cc21. The second-order valence-corrected chi connectivity index (χ2v) is 19.9. The molecule has 0 atom stereocenters. The largest absolute Gasteiger partial charge is 0.456 e. The first kappa shape index (κ1) is 39.3. The third-order valence-electron chi connectivity index (χ3n) is 16.1. The normalized spacial score (nSPS) is 14.2. The van der Waals surface area contributed by atoms with Crippen molar-refractivity contribution in [3.63, 3.8) is 0 Å². The van der Waals surface area contributed by atoms with E-state index in [0.717, 1.165) is 61.9 Å². The molecule has 0 unspecified atom stereocenters. The van der Waals surface area contributed by atoms with Crippen LogP contribution >= 0.6 is 0 Å². The first-order valence-electron chi connectivity index (χ1n) is 24.5. The van der Waals surface area contributed by atoms with Gasteiger partial charge in [0.2, 0.25) is 0 Å². The molecular weight excluding hydrogens is 847 g/mol. The number of nitrogens with zero attached hydrogens (tertiary/aromatic N) is 1. The average molecular weight is 892 g/mol. The molecule has 0 fully saturated rings. The van der Waals surface area contributed by atoms with Gasteiger partial charge in [0.25, 0.3) is 0 Å². The van der Waals surface area contributed by atoms with Crippen molar-refractivity contribution in [3.8, 4) is 78.3 Å². The van der Waals surface area contributed by atoms with Gasteiger partial charge in [0, 0.05) is 33.6 Å². The van der Waals surface area contributed by atoms with Crippen molar-refractivity contribution in [2.45, 2.75) is 24.7 Å². The van der Waals surface area contributed by atoms with E-state index in [1.54, 1.807) is 0 Å². The molecule has 1 aliphatic heterocycles. The van der Waals surface area contributed by atoms with Gasteiger partial charge in [-0.15, -0.1) is 0 Å². The van der Waals surface area contributed by atoms with Crippen LogP contribution in [0.5, 0.6) is 11.5 Å². The number of rotatable bonds is 4. The first-order chi connectivity index (χ1) is 34.5. The number of hydrogen-bond donors (Lipinski definition) is 0. The Kier molecular flexibility index (Phi) is 8.08. The molecule has 0 saturated heterocycles. The van der Waals surface area contributed by atoms with E-state index in [4.69, 9.17) is 4.74 Å². The lowest BCUT2D eigenvalue weighted by molar-refractivity contribution is 0.488. The molecule has 328 valence electrons. The van der Waals surface area contributed by atoms with Crippen LogP contribution in [0.1, 0.15) is 47.2 Å². The lowest BCUT2D eigenvalue weighted by Gasteiger charge is -2.32. The third-order valence-corrected chi connectivity index (χ3v) is 16.1. The molecule has 1 heterocycles. The Morgan fingerprint density at radius 2 is 0.771 bits per heavy atom. The highest BCUT2D eigenvalue weighted by atomic mass is 16.5. The summed E-state index contributed by atoms with van der Waals surface area (Å²) in [5, 5.41) is 2.39. The van der Waals surface area contributed by atoms with E-state index in [1.165, 1.54) is 77.5 Å². The summed E-state index contributed by atoms with van der Waals surface area (Å²) in [6, 6.07) is 88.0. The standard InChI is InChI=1S/C68H45NO/c1-67(2)58-26-12-8-21-49(58)53-34-31-46(40-62(53)67)69(47-32-35-54-52-24-11-15-29-61(52)68(63(54)41-47)59-27-13-9-22-50(59)51-23-10-14-28-60(51)68)45-33-36-64-56(39-45)55-37-43-19-6-7-20-44(43)38-57(55)66-48(25-16-30-65(66)70-64)42-17-4-3-5-18-42/h3-41H,1-2H3. The number of fused-ring (bicyclic) bond motifs is 19. The van der Waals surface area contributed by atoms with Crippen molar-refractivity contribution in [1.82, 2.24) is 0 Å². The fourth-order valence-electron chi connectivity index (χ4n) is 13.0. The maximum atomic E-state index is 7.15. The number of benzene rings is 11. The molecule has 0 amide bonds. The molecule has 4 aliphatic rings. The first-order valence-corrected chi connectivity index (χ1v) is 24.5. The van der Waals surface area contributed by atoms with E-state index in [-0.39, 0.29) is 5.41 Å². The Morgan fingerprint density at radius 1 is 0.300 bits per heavy atom. The number of ether oxygens (including phenoxy) is 1. The van der Waals surface area contributed by atoms with Crippen LogP contribution < -0.4 is 9.64 Å². The van der Waals surface area contributed by atoms with Gasteiger partial charge < -0.3 is 9.64 Å². The average Bonchev–Trinajstić information content (AvgIpc) is 3.93. The fraction of sp³-hybridized carbons (Fsp3) is 0.0588. The van der Waals surface area contributed by atoms with E-state index < -0.39 is 5.41 Å². The van der Waals surface area contributed by atoms with Gasteiger partial charge in [-0.05, 0) is 160 Å². The fourth-order valence-corrected chi connectivity index (χ4v) is 13.0. The molecule has 70 heavy (non-hydrogen) atoms. The lowest BCUT2D eigenvalue weighted by Crippen LogP contribution is -2.26. The van der Waals surface area contributed by atoms with Crippen LogP contribution in [0.25, 0.3) is 77.5 Å². The van der Waals surface area contributed by atoms with Crippen molar-refractivity contribution in [2.24, 2.45) is 0 Å². The van der Waals surface area contributed by atoms with Gasteiger partial charge in [-0.2, -0.15) is 0 Å². The van der Waals surface area contributed by atoms with E-state index in [9.17, 15) is 0 Å². The summed E-state index contributed by atoms with van der Waals surface area (Å²) in [7, 11) is 0. The minimum Gasteiger partial charge on any atom is -0.456 e. The molecule has 11 aromatic carbocycles. The monoisotopic (exact) mass is 891 g/mol. The molecule has 11 aromatic rings. The van der Waals surface area contributed by atoms with E-state index in [0.29, 0.717) is 0 Å². The molecule has 0 radical (unpaired) electrons. The molecule has 0 saturated carbocycles. The van der Waals surface area contributed by atoms with Crippen molar-refractivity contribution >= 4 is 27.8 Å². The summed E-state index contributed by atoms with van der Waals surface area (Å²) in [6.07, 6.45) is 0. The van der Waals surface area contributed by atoms with Crippen molar-refractivity contribution in [3.05, 3.63) is 270 Å². The van der Waals surface area contributed by atoms with Gasteiger partial charge in [0.05, 0.1) is 5.41 Å². The van der Waals surface area contributed by atoms with E-state index >= 15 is 0 Å².